The first-order valence-electron chi connectivity index (χ1n) is 7.51. The number of para-hydroxylation sites is 1. The first-order valence-corrected chi connectivity index (χ1v) is 7.51. The second-order valence-corrected chi connectivity index (χ2v) is 6.28. The molecule has 1 heteroatoms. The summed E-state index contributed by atoms with van der Waals surface area (Å²) in [5, 5.41) is 3.75. The molecule has 0 spiro atoms. The summed E-state index contributed by atoms with van der Waals surface area (Å²) in [5.41, 5.74) is 8.41. The zero-order chi connectivity index (χ0) is 14.3. The Morgan fingerprint density at radius 3 is 2.55 bits per heavy atom. The van der Waals surface area contributed by atoms with Crippen molar-refractivity contribution in [2.24, 2.45) is 0 Å². The molecule has 104 valence electrons. The average Bonchev–Trinajstić information content (AvgIpc) is 2.85. The van der Waals surface area contributed by atoms with Crippen molar-refractivity contribution in [2.45, 2.75) is 46.1 Å². The van der Waals surface area contributed by atoms with Crippen molar-refractivity contribution in [1.82, 2.24) is 0 Å². The summed E-state index contributed by atoms with van der Waals surface area (Å²) in [6.45, 7) is 8.90. The third kappa shape index (κ3) is 2.22. The Labute approximate surface area is 122 Å². The molecule has 0 saturated heterocycles. The van der Waals surface area contributed by atoms with E-state index in [4.69, 9.17) is 0 Å². The second-order valence-electron chi connectivity index (χ2n) is 6.28. The highest BCUT2D eigenvalue weighted by Crippen LogP contribution is 2.39. The number of benzene rings is 2. The maximum atomic E-state index is 3.75. The Hall–Kier alpha value is -1.76. The predicted octanol–water partition coefficient (Wildman–Crippen LogP) is 5.14. The molecule has 2 aromatic rings. The van der Waals surface area contributed by atoms with Crippen LogP contribution in [0.15, 0.2) is 36.4 Å². The number of fused-ring (bicyclic) bond motifs is 1. The van der Waals surface area contributed by atoms with E-state index in [1.54, 1.807) is 0 Å². The van der Waals surface area contributed by atoms with Crippen LogP contribution in [-0.2, 0) is 6.42 Å². The van der Waals surface area contributed by atoms with Crippen molar-refractivity contribution in [3.63, 3.8) is 0 Å². The van der Waals surface area contributed by atoms with Crippen LogP contribution in [0.25, 0.3) is 0 Å². The van der Waals surface area contributed by atoms with Crippen LogP contribution in [0.3, 0.4) is 0 Å². The quantitative estimate of drug-likeness (QED) is 0.793. The van der Waals surface area contributed by atoms with Gasteiger partial charge >= 0.3 is 0 Å². The van der Waals surface area contributed by atoms with E-state index in [2.05, 4.69) is 69.4 Å². The first kappa shape index (κ1) is 13.2. The van der Waals surface area contributed by atoms with Crippen LogP contribution in [0.2, 0.25) is 0 Å². The van der Waals surface area contributed by atoms with Crippen molar-refractivity contribution in [1.29, 1.82) is 0 Å². The minimum Gasteiger partial charge on any atom is -0.377 e. The molecular weight excluding hydrogens is 242 g/mol. The molecule has 0 radical (unpaired) electrons. The Kier molecular flexibility index (Phi) is 3.29. The lowest BCUT2D eigenvalue weighted by molar-refractivity contribution is 0.819. The van der Waals surface area contributed by atoms with E-state index in [-0.39, 0.29) is 0 Å². The van der Waals surface area contributed by atoms with E-state index in [1.807, 2.05) is 0 Å². The van der Waals surface area contributed by atoms with Gasteiger partial charge in [0.15, 0.2) is 0 Å². The number of anilines is 1. The largest absolute Gasteiger partial charge is 0.377 e. The fraction of sp³-hybridized carbons (Fsp3) is 0.368. The third-order valence-corrected chi connectivity index (χ3v) is 4.48. The molecule has 1 N–H and O–H groups in total. The fourth-order valence-corrected chi connectivity index (χ4v) is 3.07. The maximum Gasteiger partial charge on any atom is 0.0555 e. The van der Waals surface area contributed by atoms with Crippen LogP contribution >= 0.6 is 0 Å². The lowest BCUT2D eigenvalue weighted by Gasteiger charge is -2.16. The number of rotatable bonds is 2. The van der Waals surface area contributed by atoms with Crippen LogP contribution in [0.1, 0.15) is 53.6 Å². The fourth-order valence-electron chi connectivity index (χ4n) is 3.07. The third-order valence-electron chi connectivity index (χ3n) is 4.48. The maximum absolute atomic E-state index is 3.75. The van der Waals surface area contributed by atoms with Crippen molar-refractivity contribution >= 4 is 5.69 Å². The number of hydrogen-bond acceptors (Lipinski definition) is 1. The normalized spacial score (nSPS) is 17.1. The first-order chi connectivity index (χ1) is 9.56. The molecule has 1 unspecified atom stereocenters. The van der Waals surface area contributed by atoms with Crippen molar-refractivity contribution < 1.29 is 0 Å². The molecule has 0 fully saturated rings. The lowest BCUT2D eigenvalue weighted by atomic mass is 9.97. The van der Waals surface area contributed by atoms with Crippen LogP contribution < -0.4 is 5.32 Å². The van der Waals surface area contributed by atoms with E-state index < -0.39 is 0 Å². The molecule has 1 aliphatic rings. The molecule has 2 aromatic carbocycles. The van der Waals surface area contributed by atoms with E-state index in [0.29, 0.717) is 12.0 Å². The Balaban J connectivity index is 1.94. The molecule has 0 saturated carbocycles. The highest BCUT2D eigenvalue weighted by Gasteiger charge is 2.24. The van der Waals surface area contributed by atoms with E-state index in [0.717, 1.165) is 6.42 Å². The summed E-state index contributed by atoms with van der Waals surface area (Å²) in [4.78, 5) is 0. The number of nitrogens with one attached hydrogen (secondary N) is 1. The molecule has 0 aromatic heterocycles. The molecule has 3 rings (SSSR count). The van der Waals surface area contributed by atoms with E-state index in [1.165, 1.54) is 33.5 Å². The van der Waals surface area contributed by atoms with Gasteiger partial charge in [-0.1, -0.05) is 50.2 Å². The summed E-state index contributed by atoms with van der Waals surface area (Å²) < 4.78 is 0. The van der Waals surface area contributed by atoms with Gasteiger partial charge in [0, 0.05) is 5.69 Å². The molecule has 1 nitrogen and oxygen atoms in total. The zero-order valence-electron chi connectivity index (χ0n) is 12.8. The van der Waals surface area contributed by atoms with Gasteiger partial charge in [-0.2, -0.15) is 0 Å². The SMILES string of the molecule is Cc1ccc(C2Cc3cccc(C(C)C)c3N2)cc1C. The highest BCUT2D eigenvalue weighted by molar-refractivity contribution is 5.64. The van der Waals surface area contributed by atoms with Crippen LogP contribution in [0, 0.1) is 13.8 Å². The van der Waals surface area contributed by atoms with Gasteiger partial charge in [0.05, 0.1) is 6.04 Å². The molecule has 0 amide bonds. The topological polar surface area (TPSA) is 12.0 Å². The summed E-state index contributed by atoms with van der Waals surface area (Å²) in [5.74, 6) is 0.566. The smallest absolute Gasteiger partial charge is 0.0555 e. The van der Waals surface area contributed by atoms with Gasteiger partial charge in [0.1, 0.15) is 0 Å². The van der Waals surface area contributed by atoms with Crippen molar-refractivity contribution in [2.75, 3.05) is 5.32 Å². The highest BCUT2D eigenvalue weighted by atomic mass is 15.0. The van der Waals surface area contributed by atoms with E-state index in [9.17, 15) is 0 Å². The predicted molar refractivity (Wildman–Crippen MR) is 86.5 cm³/mol. The van der Waals surface area contributed by atoms with Gasteiger partial charge in [-0.15, -0.1) is 0 Å². The standard InChI is InChI=1S/C19H23N/c1-12(2)17-7-5-6-16-11-18(20-19(16)17)15-9-8-13(3)14(4)10-15/h5-10,12,18,20H,11H2,1-4H3. The van der Waals surface area contributed by atoms with Gasteiger partial charge in [-0.05, 0) is 54.0 Å². The molecule has 1 heterocycles. The van der Waals surface area contributed by atoms with Gasteiger partial charge < -0.3 is 5.32 Å². The number of hydrogen-bond donors (Lipinski definition) is 1. The minimum atomic E-state index is 0.421. The van der Waals surface area contributed by atoms with Crippen LogP contribution in [0.5, 0.6) is 0 Å². The van der Waals surface area contributed by atoms with Crippen LogP contribution in [-0.4, -0.2) is 0 Å². The van der Waals surface area contributed by atoms with E-state index >= 15 is 0 Å². The van der Waals surface area contributed by atoms with Crippen molar-refractivity contribution in [3.8, 4) is 0 Å². The molecule has 0 bridgehead atoms. The summed E-state index contributed by atoms with van der Waals surface area (Å²) in [6.07, 6.45) is 1.10. The Morgan fingerprint density at radius 1 is 1.05 bits per heavy atom. The molecule has 0 aliphatic carbocycles. The lowest BCUT2D eigenvalue weighted by Crippen LogP contribution is -2.07. The molecular formula is C19H23N. The van der Waals surface area contributed by atoms with Gasteiger partial charge in [0.25, 0.3) is 0 Å². The summed E-state index contributed by atoms with van der Waals surface area (Å²) in [7, 11) is 0. The molecule has 20 heavy (non-hydrogen) atoms. The number of aryl methyl sites for hydroxylation is 2. The molecule has 1 atom stereocenters. The Bertz CT molecular complexity index is 640. The van der Waals surface area contributed by atoms with Crippen LogP contribution in [0.4, 0.5) is 5.69 Å². The Morgan fingerprint density at radius 2 is 1.85 bits per heavy atom. The summed E-state index contributed by atoms with van der Waals surface area (Å²) in [6, 6.07) is 13.9. The monoisotopic (exact) mass is 265 g/mol. The van der Waals surface area contributed by atoms with Gasteiger partial charge in [0.2, 0.25) is 0 Å². The molecule has 1 aliphatic heterocycles. The van der Waals surface area contributed by atoms with Crippen molar-refractivity contribution in [3.05, 3.63) is 64.2 Å². The van der Waals surface area contributed by atoms with Gasteiger partial charge in [-0.25, -0.2) is 0 Å². The second kappa shape index (κ2) is 4.97. The summed E-state index contributed by atoms with van der Waals surface area (Å²) >= 11 is 0. The minimum absolute atomic E-state index is 0.421. The van der Waals surface area contributed by atoms with Gasteiger partial charge in [-0.3, -0.25) is 0 Å². The zero-order valence-corrected chi connectivity index (χ0v) is 12.8. The average molecular weight is 265 g/mol.